The third-order valence-corrected chi connectivity index (χ3v) is 2.94. The van der Waals surface area contributed by atoms with Crippen LogP contribution < -0.4 is 5.73 Å². The Bertz CT molecular complexity index is 338. The first-order chi connectivity index (χ1) is 7.75. The standard InChI is InChI=1S/C13H18FNO/c14-12-3-1-2-11(8-12)13(15)9-16-7-6-10-4-5-10/h1-3,8,10,13H,4-7,9,15H2. The number of halogens is 1. The Hall–Kier alpha value is -0.930. The fourth-order valence-electron chi connectivity index (χ4n) is 1.70. The van der Waals surface area contributed by atoms with Gasteiger partial charge in [0.05, 0.1) is 12.6 Å². The average Bonchev–Trinajstić information content (AvgIpc) is 3.08. The highest BCUT2D eigenvalue weighted by Crippen LogP contribution is 2.32. The molecule has 2 rings (SSSR count). The smallest absolute Gasteiger partial charge is 0.123 e. The van der Waals surface area contributed by atoms with E-state index in [9.17, 15) is 4.39 Å². The SMILES string of the molecule is NC(COCCC1CC1)c1cccc(F)c1. The fourth-order valence-corrected chi connectivity index (χ4v) is 1.70. The van der Waals surface area contributed by atoms with Gasteiger partial charge in [0.1, 0.15) is 5.82 Å². The average molecular weight is 223 g/mol. The molecule has 88 valence electrons. The number of nitrogens with two attached hydrogens (primary N) is 1. The van der Waals surface area contributed by atoms with Gasteiger partial charge in [-0.2, -0.15) is 0 Å². The topological polar surface area (TPSA) is 35.2 Å². The maximum absolute atomic E-state index is 12.9. The van der Waals surface area contributed by atoms with Crippen molar-refractivity contribution in [1.29, 1.82) is 0 Å². The lowest BCUT2D eigenvalue weighted by Gasteiger charge is -2.12. The maximum Gasteiger partial charge on any atom is 0.123 e. The van der Waals surface area contributed by atoms with Gasteiger partial charge in [0.2, 0.25) is 0 Å². The molecule has 0 heterocycles. The van der Waals surface area contributed by atoms with Crippen LogP contribution in [-0.2, 0) is 4.74 Å². The third kappa shape index (κ3) is 3.58. The molecule has 1 atom stereocenters. The van der Waals surface area contributed by atoms with Crippen molar-refractivity contribution in [3.8, 4) is 0 Å². The van der Waals surface area contributed by atoms with Crippen LogP contribution in [0.15, 0.2) is 24.3 Å². The molecule has 0 bridgehead atoms. The fraction of sp³-hybridized carbons (Fsp3) is 0.538. The van der Waals surface area contributed by atoms with Crippen LogP contribution in [-0.4, -0.2) is 13.2 Å². The third-order valence-electron chi connectivity index (χ3n) is 2.94. The van der Waals surface area contributed by atoms with Crippen molar-refractivity contribution < 1.29 is 9.13 Å². The molecule has 1 aromatic rings. The molecule has 1 saturated carbocycles. The van der Waals surface area contributed by atoms with E-state index in [1.807, 2.05) is 6.07 Å². The Balaban J connectivity index is 1.71. The van der Waals surface area contributed by atoms with E-state index >= 15 is 0 Å². The van der Waals surface area contributed by atoms with Gasteiger partial charge in [0.25, 0.3) is 0 Å². The lowest BCUT2D eigenvalue weighted by atomic mass is 10.1. The minimum Gasteiger partial charge on any atom is -0.379 e. The van der Waals surface area contributed by atoms with Gasteiger partial charge in [0.15, 0.2) is 0 Å². The zero-order chi connectivity index (χ0) is 11.4. The number of hydrogen-bond acceptors (Lipinski definition) is 2. The highest BCUT2D eigenvalue weighted by atomic mass is 19.1. The van der Waals surface area contributed by atoms with Crippen molar-refractivity contribution >= 4 is 0 Å². The molecular formula is C13H18FNO. The van der Waals surface area contributed by atoms with E-state index in [-0.39, 0.29) is 11.9 Å². The van der Waals surface area contributed by atoms with E-state index in [2.05, 4.69) is 0 Å². The second-order valence-corrected chi connectivity index (χ2v) is 4.47. The molecule has 1 aromatic carbocycles. The van der Waals surface area contributed by atoms with Gasteiger partial charge in [-0.3, -0.25) is 0 Å². The predicted molar refractivity (Wildman–Crippen MR) is 61.5 cm³/mol. The zero-order valence-electron chi connectivity index (χ0n) is 9.36. The number of hydrogen-bond donors (Lipinski definition) is 1. The minimum atomic E-state index is -0.245. The molecule has 0 aliphatic heterocycles. The quantitative estimate of drug-likeness (QED) is 0.752. The summed E-state index contributed by atoms with van der Waals surface area (Å²) in [6.07, 6.45) is 3.83. The van der Waals surface area contributed by atoms with Crippen molar-refractivity contribution in [3.05, 3.63) is 35.6 Å². The first-order valence-corrected chi connectivity index (χ1v) is 5.84. The van der Waals surface area contributed by atoms with E-state index in [0.717, 1.165) is 24.5 Å². The van der Waals surface area contributed by atoms with E-state index < -0.39 is 0 Å². The lowest BCUT2D eigenvalue weighted by molar-refractivity contribution is 0.115. The van der Waals surface area contributed by atoms with Crippen LogP contribution in [0.2, 0.25) is 0 Å². The van der Waals surface area contributed by atoms with Crippen LogP contribution in [0.25, 0.3) is 0 Å². The van der Waals surface area contributed by atoms with Gasteiger partial charge in [-0.15, -0.1) is 0 Å². The van der Waals surface area contributed by atoms with E-state index in [1.54, 1.807) is 6.07 Å². The molecule has 0 saturated heterocycles. The summed E-state index contributed by atoms with van der Waals surface area (Å²) in [6, 6.07) is 6.17. The second-order valence-electron chi connectivity index (χ2n) is 4.47. The van der Waals surface area contributed by atoms with Crippen molar-refractivity contribution in [1.82, 2.24) is 0 Å². The van der Waals surface area contributed by atoms with Gasteiger partial charge in [0, 0.05) is 6.61 Å². The van der Waals surface area contributed by atoms with Gasteiger partial charge in [-0.05, 0) is 30.0 Å². The Morgan fingerprint density at radius 1 is 1.44 bits per heavy atom. The van der Waals surface area contributed by atoms with Crippen LogP contribution in [0.4, 0.5) is 4.39 Å². The Morgan fingerprint density at radius 3 is 2.94 bits per heavy atom. The molecule has 2 N–H and O–H groups in total. The molecule has 2 nitrogen and oxygen atoms in total. The van der Waals surface area contributed by atoms with Crippen molar-refractivity contribution in [3.63, 3.8) is 0 Å². The minimum absolute atomic E-state index is 0.227. The number of rotatable bonds is 6. The largest absolute Gasteiger partial charge is 0.379 e. The first-order valence-electron chi connectivity index (χ1n) is 5.84. The summed E-state index contributed by atoms with van der Waals surface area (Å²) in [5.74, 6) is 0.635. The van der Waals surface area contributed by atoms with Crippen LogP contribution >= 0.6 is 0 Å². The van der Waals surface area contributed by atoms with E-state index in [4.69, 9.17) is 10.5 Å². The molecule has 0 radical (unpaired) electrons. The molecule has 0 amide bonds. The summed E-state index contributed by atoms with van der Waals surface area (Å²) < 4.78 is 18.4. The summed E-state index contributed by atoms with van der Waals surface area (Å²) >= 11 is 0. The van der Waals surface area contributed by atoms with Crippen molar-refractivity contribution in [2.24, 2.45) is 11.7 Å². The lowest BCUT2D eigenvalue weighted by Crippen LogP contribution is -2.17. The molecule has 1 aliphatic rings. The van der Waals surface area contributed by atoms with Crippen LogP contribution in [0.5, 0.6) is 0 Å². The van der Waals surface area contributed by atoms with Gasteiger partial charge in [-0.1, -0.05) is 25.0 Å². The van der Waals surface area contributed by atoms with Gasteiger partial charge in [-0.25, -0.2) is 4.39 Å². The molecule has 16 heavy (non-hydrogen) atoms. The molecule has 1 fully saturated rings. The van der Waals surface area contributed by atoms with Crippen molar-refractivity contribution in [2.45, 2.75) is 25.3 Å². The van der Waals surface area contributed by atoms with Crippen LogP contribution in [0, 0.1) is 11.7 Å². The number of benzene rings is 1. The van der Waals surface area contributed by atoms with Crippen LogP contribution in [0.3, 0.4) is 0 Å². The highest BCUT2D eigenvalue weighted by Gasteiger charge is 2.20. The summed E-state index contributed by atoms with van der Waals surface area (Å²) in [6.45, 7) is 1.24. The number of ether oxygens (including phenoxy) is 1. The Labute approximate surface area is 95.6 Å². The second kappa shape index (κ2) is 5.41. The molecule has 0 spiro atoms. The predicted octanol–water partition coefficient (Wildman–Crippen LogP) is 2.64. The van der Waals surface area contributed by atoms with Crippen LogP contribution in [0.1, 0.15) is 30.9 Å². The molecule has 3 heteroatoms. The molecule has 1 aliphatic carbocycles. The highest BCUT2D eigenvalue weighted by molar-refractivity contribution is 5.19. The molecule has 1 unspecified atom stereocenters. The summed E-state index contributed by atoms with van der Waals surface area (Å²) in [5.41, 5.74) is 6.70. The Kier molecular flexibility index (Phi) is 3.91. The van der Waals surface area contributed by atoms with Crippen molar-refractivity contribution in [2.75, 3.05) is 13.2 Å². The first kappa shape index (κ1) is 11.6. The Morgan fingerprint density at radius 2 is 2.25 bits per heavy atom. The maximum atomic E-state index is 12.9. The summed E-state index contributed by atoms with van der Waals surface area (Å²) in [5, 5.41) is 0. The monoisotopic (exact) mass is 223 g/mol. The molecular weight excluding hydrogens is 205 g/mol. The normalized spacial score (nSPS) is 17.4. The van der Waals surface area contributed by atoms with Gasteiger partial charge >= 0.3 is 0 Å². The van der Waals surface area contributed by atoms with E-state index in [1.165, 1.54) is 25.0 Å². The molecule has 0 aromatic heterocycles. The van der Waals surface area contributed by atoms with Gasteiger partial charge < -0.3 is 10.5 Å². The summed E-state index contributed by atoms with van der Waals surface area (Å²) in [4.78, 5) is 0. The summed E-state index contributed by atoms with van der Waals surface area (Å²) in [7, 11) is 0. The van der Waals surface area contributed by atoms with E-state index in [0.29, 0.717) is 6.61 Å². The zero-order valence-corrected chi connectivity index (χ0v) is 9.36.